The van der Waals surface area contributed by atoms with Gasteiger partial charge in [0.1, 0.15) is 13.2 Å². The number of carboxylic acids is 1. The Labute approximate surface area is 197 Å². The standard InChI is InChI=1S/C26H28N2O6/c29-23(28-11-9-20-21(13-28)24(20)25(30)31)15-33-12-10-27-26(32)34-14-22-18-7-3-1-5-16(18)17-6-2-4-8-19(17)22/h1-8,20-22,24H,9-15H2,(H,27,32)(H,30,31). The van der Waals surface area contributed by atoms with Crippen molar-refractivity contribution in [3.63, 3.8) is 0 Å². The van der Waals surface area contributed by atoms with Crippen molar-refractivity contribution >= 4 is 18.0 Å². The molecule has 2 amide bonds. The Bertz CT molecular complexity index is 1060. The number of piperidine rings is 1. The molecule has 178 valence electrons. The van der Waals surface area contributed by atoms with Gasteiger partial charge in [-0.3, -0.25) is 9.59 Å². The van der Waals surface area contributed by atoms with Crippen LogP contribution >= 0.6 is 0 Å². The lowest BCUT2D eigenvalue weighted by molar-refractivity contribution is -0.140. The van der Waals surface area contributed by atoms with E-state index in [0.717, 1.165) is 17.5 Å². The monoisotopic (exact) mass is 464 g/mol. The fourth-order valence-corrected chi connectivity index (χ4v) is 5.46. The molecule has 2 aliphatic carbocycles. The molecule has 8 nitrogen and oxygen atoms in total. The van der Waals surface area contributed by atoms with Gasteiger partial charge in [-0.15, -0.1) is 0 Å². The molecular formula is C26H28N2O6. The number of ether oxygens (including phenoxy) is 2. The maximum Gasteiger partial charge on any atom is 0.407 e. The molecule has 0 radical (unpaired) electrons. The van der Waals surface area contributed by atoms with Gasteiger partial charge in [-0.1, -0.05) is 48.5 Å². The summed E-state index contributed by atoms with van der Waals surface area (Å²) in [5.74, 6) is -0.923. The molecule has 8 heteroatoms. The molecule has 5 rings (SSSR count). The normalized spacial score (nSPS) is 22.4. The maximum absolute atomic E-state index is 12.3. The maximum atomic E-state index is 12.3. The Hall–Kier alpha value is -3.39. The lowest BCUT2D eigenvalue weighted by Gasteiger charge is -2.26. The van der Waals surface area contributed by atoms with E-state index in [1.807, 2.05) is 24.3 Å². The minimum absolute atomic E-state index is 0.00311. The second kappa shape index (κ2) is 9.46. The predicted octanol–water partition coefficient (Wildman–Crippen LogP) is 2.72. The quantitative estimate of drug-likeness (QED) is 0.582. The van der Waals surface area contributed by atoms with Crippen LogP contribution in [0.15, 0.2) is 48.5 Å². The number of hydrogen-bond acceptors (Lipinski definition) is 5. The molecule has 1 saturated heterocycles. The van der Waals surface area contributed by atoms with E-state index in [1.54, 1.807) is 4.90 Å². The van der Waals surface area contributed by atoms with Crippen LogP contribution in [0.5, 0.6) is 0 Å². The van der Waals surface area contributed by atoms with Crippen LogP contribution < -0.4 is 5.32 Å². The minimum atomic E-state index is -0.764. The average molecular weight is 465 g/mol. The molecule has 34 heavy (non-hydrogen) atoms. The van der Waals surface area contributed by atoms with E-state index >= 15 is 0 Å². The molecule has 3 atom stereocenters. The summed E-state index contributed by atoms with van der Waals surface area (Å²) in [4.78, 5) is 37.4. The number of carbonyl (C=O) groups excluding carboxylic acids is 2. The fourth-order valence-electron chi connectivity index (χ4n) is 5.46. The molecule has 2 aromatic carbocycles. The van der Waals surface area contributed by atoms with Gasteiger partial charge in [0, 0.05) is 25.6 Å². The molecular weight excluding hydrogens is 436 g/mol. The lowest BCUT2D eigenvalue weighted by atomic mass is 9.98. The Balaban J connectivity index is 1.01. The van der Waals surface area contributed by atoms with Crippen molar-refractivity contribution in [3.05, 3.63) is 59.7 Å². The molecule has 0 bridgehead atoms. The van der Waals surface area contributed by atoms with Crippen molar-refractivity contribution in [1.82, 2.24) is 10.2 Å². The summed E-state index contributed by atoms with van der Waals surface area (Å²) in [7, 11) is 0. The number of amides is 2. The second-order valence-electron chi connectivity index (χ2n) is 9.13. The van der Waals surface area contributed by atoms with E-state index in [0.29, 0.717) is 13.1 Å². The number of carboxylic acid groups (broad SMARTS) is 1. The minimum Gasteiger partial charge on any atom is -0.481 e. The largest absolute Gasteiger partial charge is 0.481 e. The van der Waals surface area contributed by atoms with Gasteiger partial charge in [-0.25, -0.2) is 4.79 Å². The third-order valence-electron chi connectivity index (χ3n) is 7.22. The molecule has 1 saturated carbocycles. The van der Waals surface area contributed by atoms with Crippen molar-refractivity contribution in [3.8, 4) is 11.1 Å². The van der Waals surface area contributed by atoms with Gasteiger partial charge in [0.05, 0.1) is 12.5 Å². The Morgan fingerprint density at radius 3 is 2.35 bits per heavy atom. The summed E-state index contributed by atoms with van der Waals surface area (Å²) in [6, 6.07) is 16.3. The molecule has 2 aromatic rings. The van der Waals surface area contributed by atoms with Gasteiger partial charge in [-0.2, -0.15) is 0 Å². The number of fused-ring (bicyclic) bond motifs is 4. The number of rotatable bonds is 8. The molecule has 0 aromatic heterocycles. The third kappa shape index (κ3) is 4.37. The third-order valence-corrected chi connectivity index (χ3v) is 7.22. The highest BCUT2D eigenvalue weighted by Gasteiger charge is 2.57. The van der Waals surface area contributed by atoms with Crippen molar-refractivity contribution < 1.29 is 29.0 Å². The van der Waals surface area contributed by atoms with Gasteiger partial charge in [-0.05, 0) is 40.5 Å². The van der Waals surface area contributed by atoms with E-state index in [9.17, 15) is 14.4 Å². The number of likely N-dealkylation sites (tertiary alicyclic amines) is 1. The van der Waals surface area contributed by atoms with Crippen molar-refractivity contribution in [2.75, 3.05) is 39.5 Å². The molecule has 3 aliphatic rings. The number of nitrogens with zero attached hydrogens (tertiary/aromatic N) is 1. The highest BCUT2D eigenvalue weighted by Crippen LogP contribution is 2.51. The summed E-state index contributed by atoms with van der Waals surface area (Å²) < 4.78 is 10.9. The molecule has 1 aliphatic heterocycles. The molecule has 1 heterocycles. The number of hydrogen-bond donors (Lipinski definition) is 2. The Morgan fingerprint density at radius 2 is 1.68 bits per heavy atom. The van der Waals surface area contributed by atoms with E-state index in [2.05, 4.69) is 29.6 Å². The fraction of sp³-hybridized carbons (Fsp3) is 0.423. The zero-order chi connectivity index (χ0) is 23.7. The highest BCUT2D eigenvalue weighted by atomic mass is 16.5. The SMILES string of the molecule is O=C(NCCOCC(=O)N1CCC2C(C1)C2C(=O)O)OCC1c2ccccc2-c2ccccc21. The highest BCUT2D eigenvalue weighted by molar-refractivity contribution is 5.80. The van der Waals surface area contributed by atoms with Crippen LogP contribution in [0.4, 0.5) is 4.79 Å². The van der Waals surface area contributed by atoms with Gasteiger partial charge in [0.15, 0.2) is 0 Å². The zero-order valence-electron chi connectivity index (χ0n) is 18.8. The van der Waals surface area contributed by atoms with Gasteiger partial charge >= 0.3 is 12.1 Å². The van der Waals surface area contributed by atoms with Crippen LogP contribution in [0.2, 0.25) is 0 Å². The number of benzene rings is 2. The number of alkyl carbamates (subject to hydrolysis) is 1. The average Bonchev–Trinajstić information content (AvgIpc) is 3.50. The summed E-state index contributed by atoms with van der Waals surface area (Å²) >= 11 is 0. The summed E-state index contributed by atoms with van der Waals surface area (Å²) in [5, 5.41) is 11.8. The first-order valence-corrected chi connectivity index (χ1v) is 11.7. The molecule has 2 N–H and O–H groups in total. The van der Waals surface area contributed by atoms with Crippen LogP contribution in [0, 0.1) is 17.8 Å². The van der Waals surface area contributed by atoms with Gasteiger partial charge in [0.2, 0.25) is 5.91 Å². The van der Waals surface area contributed by atoms with Crippen LogP contribution in [0.25, 0.3) is 11.1 Å². The second-order valence-corrected chi connectivity index (χ2v) is 9.13. The van der Waals surface area contributed by atoms with Crippen LogP contribution in [-0.4, -0.2) is 67.4 Å². The Kier molecular flexibility index (Phi) is 6.24. The first-order valence-electron chi connectivity index (χ1n) is 11.7. The zero-order valence-corrected chi connectivity index (χ0v) is 18.8. The molecule has 3 unspecified atom stereocenters. The van der Waals surface area contributed by atoms with E-state index in [-0.39, 0.29) is 55.9 Å². The van der Waals surface area contributed by atoms with E-state index < -0.39 is 12.1 Å². The molecule has 0 spiro atoms. The topological polar surface area (TPSA) is 105 Å². The number of nitrogens with one attached hydrogen (secondary N) is 1. The molecule has 2 fully saturated rings. The number of carbonyl (C=O) groups is 3. The van der Waals surface area contributed by atoms with Crippen molar-refractivity contribution in [2.24, 2.45) is 17.8 Å². The van der Waals surface area contributed by atoms with E-state index in [4.69, 9.17) is 14.6 Å². The smallest absolute Gasteiger partial charge is 0.407 e. The van der Waals surface area contributed by atoms with Crippen LogP contribution in [0.1, 0.15) is 23.5 Å². The van der Waals surface area contributed by atoms with E-state index in [1.165, 1.54) is 11.1 Å². The van der Waals surface area contributed by atoms with Gasteiger partial charge < -0.3 is 24.8 Å². The summed E-state index contributed by atoms with van der Waals surface area (Å²) in [6.07, 6.45) is 0.212. The van der Waals surface area contributed by atoms with Crippen LogP contribution in [0.3, 0.4) is 0 Å². The summed E-state index contributed by atoms with van der Waals surface area (Å²) in [5.41, 5.74) is 4.66. The first-order chi connectivity index (χ1) is 16.5. The van der Waals surface area contributed by atoms with Gasteiger partial charge in [0.25, 0.3) is 0 Å². The predicted molar refractivity (Wildman–Crippen MR) is 123 cm³/mol. The van der Waals surface area contributed by atoms with Crippen LogP contribution in [-0.2, 0) is 19.1 Å². The Morgan fingerprint density at radius 1 is 1.00 bits per heavy atom. The van der Waals surface area contributed by atoms with Crippen molar-refractivity contribution in [1.29, 1.82) is 0 Å². The van der Waals surface area contributed by atoms with Crippen molar-refractivity contribution in [2.45, 2.75) is 12.3 Å². The summed E-state index contributed by atoms with van der Waals surface area (Å²) in [6.45, 7) is 1.64. The number of aliphatic carboxylic acids is 1. The first kappa shape index (κ1) is 22.4. The lowest BCUT2D eigenvalue weighted by Crippen LogP contribution is -2.39.